The van der Waals surface area contributed by atoms with Crippen molar-refractivity contribution >= 4 is 34.9 Å². The van der Waals surface area contributed by atoms with E-state index in [1.54, 1.807) is 19.1 Å². The molecule has 1 heterocycles. The number of anilines is 1. The van der Waals surface area contributed by atoms with Gasteiger partial charge >= 0.3 is 0 Å². The largest absolute Gasteiger partial charge is 0.395 e. The zero-order valence-corrected chi connectivity index (χ0v) is 23.3. The smallest absolute Gasteiger partial charge is 0.257 e. The van der Waals surface area contributed by atoms with Crippen molar-refractivity contribution in [2.75, 3.05) is 18.5 Å². The second-order valence-electron chi connectivity index (χ2n) is 11.1. The van der Waals surface area contributed by atoms with Crippen LogP contribution in [-0.2, 0) is 16.1 Å². The number of aliphatic hydroxyl groups excluding tert-OH is 1. The molecule has 0 aromatic heterocycles. The lowest BCUT2D eigenvalue weighted by atomic mass is 9.79. The second-order valence-corrected chi connectivity index (χ2v) is 11.5. The van der Waals surface area contributed by atoms with E-state index in [4.69, 9.17) is 16.7 Å². The molecule has 4 N–H and O–H groups in total. The van der Waals surface area contributed by atoms with Crippen LogP contribution in [0.25, 0.3) is 0 Å². The molecule has 0 radical (unpaired) electrons. The maximum atomic E-state index is 13.5. The minimum atomic E-state index is -0.758. The topological polar surface area (TPSA) is 111 Å². The number of ketones is 1. The first-order valence-corrected chi connectivity index (χ1v) is 13.1. The van der Waals surface area contributed by atoms with Gasteiger partial charge in [0.05, 0.1) is 29.6 Å². The van der Waals surface area contributed by atoms with Crippen LogP contribution < -0.4 is 16.0 Å². The fraction of sp³-hybridized carbons (Fsp3) is 0.414. The van der Waals surface area contributed by atoms with Crippen LogP contribution in [0.4, 0.5) is 5.69 Å². The van der Waals surface area contributed by atoms with Crippen LogP contribution in [0.3, 0.4) is 0 Å². The average Bonchev–Trinajstić information content (AvgIpc) is 3.45. The third-order valence-corrected chi connectivity index (χ3v) is 7.57. The third kappa shape index (κ3) is 5.02. The Bertz CT molecular complexity index is 1320. The van der Waals surface area contributed by atoms with Gasteiger partial charge in [-0.3, -0.25) is 14.4 Å². The molecule has 1 aromatic rings. The van der Waals surface area contributed by atoms with Gasteiger partial charge in [0, 0.05) is 29.2 Å². The van der Waals surface area contributed by atoms with E-state index in [0.29, 0.717) is 38.8 Å². The van der Waals surface area contributed by atoms with Crippen molar-refractivity contribution in [1.82, 2.24) is 15.5 Å². The van der Waals surface area contributed by atoms with Gasteiger partial charge in [-0.15, -0.1) is 0 Å². The van der Waals surface area contributed by atoms with E-state index in [1.807, 2.05) is 0 Å². The van der Waals surface area contributed by atoms with E-state index < -0.39 is 6.04 Å². The molecule has 0 bridgehead atoms. The molecule has 3 aliphatic rings. The molecule has 0 saturated heterocycles. The summed E-state index contributed by atoms with van der Waals surface area (Å²) in [5.74, 6) is -0.872. The first-order valence-electron chi connectivity index (χ1n) is 12.7. The maximum Gasteiger partial charge on any atom is 0.257 e. The van der Waals surface area contributed by atoms with Crippen LogP contribution in [0.15, 0.2) is 59.0 Å². The Morgan fingerprint density at radius 2 is 1.92 bits per heavy atom. The number of halogens is 1. The molecule has 0 unspecified atom stereocenters. The van der Waals surface area contributed by atoms with Gasteiger partial charge in [0.2, 0.25) is 11.7 Å². The van der Waals surface area contributed by atoms with Crippen molar-refractivity contribution < 1.29 is 19.5 Å². The lowest BCUT2D eigenvalue weighted by molar-refractivity contribution is -0.125. The van der Waals surface area contributed by atoms with Crippen LogP contribution in [0.2, 0.25) is 5.02 Å². The van der Waals surface area contributed by atoms with Crippen molar-refractivity contribution in [3.05, 3.63) is 75.1 Å². The molecule has 0 fully saturated rings. The van der Waals surface area contributed by atoms with Gasteiger partial charge in [0.1, 0.15) is 11.7 Å². The van der Waals surface area contributed by atoms with Crippen molar-refractivity contribution in [3.63, 3.8) is 0 Å². The number of amides is 2. The van der Waals surface area contributed by atoms with Crippen molar-refractivity contribution in [1.29, 1.82) is 0 Å². The Labute approximate surface area is 228 Å². The van der Waals surface area contributed by atoms with Gasteiger partial charge in [-0.2, -0.15) is 0 Å². The molecule has 2 amide bonds. The summed E-state index contributed by atoms with van der Waals surface area (Å²) in [6.07, 6.45) is 5.06. The van der Waals surface area contributed by atoms with Crippen LogP contribution in [0, 0.1) is 5.41 Å². The van der Waals surface area contributed by atoms with Crippen LogP contribution in [0.5, 0.6) is 0 Å². The summed E-state index contributed by atoms with van der Waals surface area (Å²) in [5.41, 5.74) is 5.09. The first-order chi connectivity index (χ1) is 17.8. The molecule has 0 saturated carbocycles. The normalized spacial score (nSPS) is 18.6. The molecule has 1 aromatic carbocycles. The van der Waals surface area contributed by atoms with Gasteiger partial charge in [-0.25, -0.2) is 0 Å². The summed E-state index contributed by atoms with van der Waals surface area (Å²) in [4.78, 5) is 40.3. The molecule has 38 heavy (non-hydrogen) atoms. The Morgan fingerprint density at radius 1 is 1.21 bits per heavy atom. The Balaban J connectivity index is 1.63. The van der Waals surface area contributed by atoms with E-state index in [1.165, 1.54) is 16.0 Å². The van der Waals surface area contributed by atoms with Crippen molar-refractivity contribution in [3.8, 4) is 0 Å². The van der Waals surface area contributed by atoms with Crippen molar-refractivity contribution in [2.45, 2.75) is 59.7 Å². The van der Waals surface area contributed by atoms with Crippen LogP contribution in [-0.4, -0.2) is 52.8 Å². The summed E-state index contributed by atoms with van der Waals surface area (Å²) < 4.78 is 0. The zero-order chi connectivity index (χ0) is 27.9. The monoisotopic (exact) mass is 538 g/mol. The molecule has 9 heteroatoms. The molecule has 1 aliphatic heterocycles. The summed E-state index contributed by atoms with van der Waals surface area (Å²) in [7, 11) is 0. The molecular formula is C29H35ClN4O4. The minimum absolute atomic E-state index is 0.0774. The number of allylic oxidation sites excluding steroid dienone is 5. The van der Waals surface area contributed by atoms with Crippen LogP contribution in [0.1, 0.15) is 57.0 Å². The number of carbonyl (C=O) groups is 3. The fourth-order valence-corrected chi connectivity index (χ4v) is 5.28. The Kier molecular flexibility index (Phi) is 7.59. The predicted molar refractivity (Wildman–Crippen MR) is 149 cm³/mol. The summed E-state index contributed by atoms with van der Waals surface area (Å²) >= 11 is 6.46. The number of rotatable bonds is 9. The highest BCUT2D eigenvalue weighted by molar-refractivity contribution is 6.32. The molecule has 2 atom stereocenters. The number of fused-ring (bicyclic) bond motifs is 1. The van der Waals surface area contributed by atoms with E-state index in [-0.39, 0.29) is 48.8 Å². The molecule has 8 nitrogen and oxygen atoms in total. The highest BCUT2D eigenvalue weighted by Crippen LogP contribution is 2.39. The molecule has 202 valence electrons. The van der Waals surface area contributed by atoms with Gasteiger partial charge in [-0.1, -0.05) is 56.7 Å². The summed E-state index contributed by atoms with van der Waals surface area (Å²) in [6, 6.07) is 2.56. The fourth-order valence-electron chi connectivity index (χ4n) is 5.07. The molecule has 2 aliphatic carbocycles. The van der Waals surface area contributed by atoms with E-state index >= 15 is 0 Å². The first kappa shape index (κ1) is 27.7. The van der Waals surface area contributed by atoms with Gasteiger partial charge in [-0.05, 0) is 43.4 Å². The van der Waals surface area contributed by atoms with E-state index in [2.05, 4.69) is 62.4 Å². The Hall–Kier alpha value is -3.36. The maximum absolute atomic E-state index is 13.5. The average molecular weight is 539 g/mol. The SMILES string of the molecule is C=C1C(=O)C(N[C@@H](C2=CC=C(C)C2)C(C)(C)C)=C1Nc1ccc(Cl)c2c1C(=O)N([C@@H](C)C(=O)NCCO)C2. The molecular weight excluding hydrogens is 504 g/mol. The number of hydrogen-bond donors (Lipinski definition) is 4. The minimum Gasteiger partial charge on any atom is -0.395 e. The van der Waals surface area contributed by atoms with Gasteiger partial charge in [0.15, 0.2) is 0 Å². The number of Topliss-reactive ketones (excluding diaryl/α,β-unsaturated/α-hetero) is 1. The van der Waals surface area contributed by atoms with Crippen molar-refractivity contribution in [2.24, 2.45) is 5.41 Å². The van der Waals surface area contributed by atoms with Gasteiger partial charge < -0.3 is 26.0 Å². The number of nitrogens with one attached hydrogen (secondary N) is 3. The summed E-state index contributed by atoms with van der Waals surface area (Å²) in [6.45, 7) is 14.1. The summed E-state index contributed by atoms with van der Waals surface area (Å²) in [5, 5.41) is 18.8. The number of hydrogen-bond acceptors (Lipinski definition) is 6. The highest BCUT2D eigenvalue weighted by atomic mass is 35.5. The quantitative estimate of drug-likeness (QED) is 0.356. The highest BCUT2D eigenvalue weighted by Gasteiger charge is 2.40. The second kappa shape index (κ2) is 10.4. The predicted octanol–water partition coefficient (Wildman–Crippen LogP) is 3.84. The number of benzene rings is 1. The zero-order valence-electron chi connectivity index (χ0n) is 22.5. The van der Waals surface area contributed by atoms with E-state index in [0.717, 1.165) is 6.42 Å². The lowest BCUT2D eigenvalue weighted by Crippen LogP contribution is -2.47. The van der Waals surface area contributed by atoms with Crippen LogP contribution >= 0.6 is 11.6 Å². The Morgan fingerprint density at radius 3 is 2.53 bits per heavy atom. The standard InChI is InChI=1S/C29H35ClN4O4/c1-15-7-8-18(13-15)26(29(4,5)6)33-24-23(16(2)25(24)36)32-21-10-9-20(30)19-14-34(28(38)22(19)21)17(3)27(37)31-11-12-35/h7-10,17,26,32-33,35H,2,11-14H2,1,3-6H3,(H,31,37)/t17-,26-/m0/s1. The lowest BCUT2D eigenvalue weighted by Gasteiger charge is -2.38. The van der Waals surface area contributed by atoms with E-state index in [9.17, 15) is 14.4 Å². The molecule has 0 spiro atoms. The number of nitrogens with zero attached hydrogens (tertiary/aromatic N) is 1. The third-order valence-electron chi connectivity index (χ3n) is 7.22. The van der Waals surface area contributed by atoms with Gasteiger partial charge in [0.25, 0.3) is 5.91 Å². The number of carbonyl (C=O) groups excluding carboxylic acids is 3. The molecule has 4 rings (SSSR count). The number of aliphatic hydroxyl groups is 1.